The molecule has 1 amide bonds. The van der Waals surface area contributed by atoms with Crippen LogP contribution in [0.1, 0.15) is 48.9 Å². The van der Waals surface area contributed by atoms with Gasteiger partial charge in [-0.05, 0) is 54.0 Å². The molecule has 0 bridgehead atoms. The molecule has 1 N–H and O–H groups in total. The quantitative estimate of drug-likeness (QED) is 0.385. The number of benzene rings is 2. The van der Waals surface area contributed by atoms with Gasteiger partial charge in [-0.1, -0.05) is 50.6 Å². The lowest BCUT2D eigenvalue weighted by Crippen LogP contribution is -2.46. The number of rotatable bonds is 8. The molecular formula is C27H29NO6. The number of nitrogens with one attached hydrogen (secondary N) is 1. The van der Waals surface area contributed by atoms with E-state index < -0.39 is 23.7 Å². The summed E-state index contributed by atoms with van der Waals surface area (Å²) in [6.07, 6.45) is 2.99. The summed E-state index contributed by atoms with van der Waals surface area (Å²) in [4.78, 5) is 37.4. The van der Waals surface area contributed by atoms with Gasteiger partial charge < -0.3 is 19.2 Å². The molecule has 0 fully saturated rings. The first-order valence-electron chi connectivity index (χ1n) is 11.7. The molecule has 2 aromatic carbocycles. The van der Waals surface area contributed by atoms with Gasteiger partial charge in [-0.2, -0.15) is 0 Å². The fourth-order valence-corrected chi connectivity index (χ4v) is 4.21. The molecule has 178 valence electrons. The Morgan fingerprint density at radius 3 is 2.50 bits per heavy atom. The Morgan fingerprint density at radius 2 is 1.76 bits per heavy atom. The smallest absolute Gasteiger partial charge is 0.408 e. The molecule has 1 aromatic heterocycles. The van der Waals surface area contributed by atoms with Crippen LogP contribution >= 0.6 is 0 Å². The summed E-state index contributed by atoms with van der Waals surface area (Å²) in [5.41, 5.74) is 3.87. The van der Waals surface area contributed by atoms with E-state index in [2.05, 4.69) is 5.32 Å². The van der Waals surface area contributed by atoms with Crippen LogP contribution in [0.3, 0.4) is 0 Å². The standard InChI is InChI=1S/C27H29NO6/c1-3-17(2)25(28-27(31)33-15-18-8-5-4-6-9-18)26(30)32-16-21-14-24(29)34-23-13-20-11-7-10-19(20)12-22(21)23/h4-6,8-9,12-14,17,25H,3,7,10-11,15-16H2,1-2H3,(H,28,31)/t17-,25+/m1/s1. The van der Waals surface area contributed by atoms with E-state index in [9.17, 15) is 14.4 Å². The highest BCUT2D eigenvalue weighted by Crippen LogP contribution is 2.29. The van der Waals surface area contributed by atoms with Crippen molar-refractivity contribution >= 4 is 23.0 Å². The maximum absolute atomic E-state index is 12.9. The van der Waals surface area contributed by atoms with E-state index in [0.29, 0.717) is 17.6 Å². The Hall–Kier alpha value is -3.61. The predicted octanol–water partition coefficient (Wildman–Crippen LogP) is 4.67. The van der Waals surface area contributed by atoms with Gasteiger partial charge >= 0.3 is 17.7 Å². The molecule has 3 aromatic rings. The highest BCUT2D eigenvalue weighted by Gasteiger charge is 2.28. The summed E-state index contributed by atoms with van der Waals surface area (Å²) < 4.78 is 16.2. The predicted molar refractivity (Wildman–Crippen MR) is 127 cm³/mol. The number of alkyl carbamates (subject to hydrolysis) is 1. The number of hydrogen-bond acceptors (Lipinski definition) is 6. The Labute approximate surface area is 198 Å². The van der Waals surface area contributed by atoms with Gasteiger partial charge in [0.05, 0.1) is 0 Å². The van der Waals surface area contributed by atoms with Crippen LogP contribution < -0.4 is 10.9 Å². The van der Waals surface area contributed by atoms with Gasteiger partial charge in [0, 0.05) is 17.0 Å². The number of amides is 1. The van der Waals surface area contributed by atoms with E-state index in [1.807, 2.05) is 56.3 Å². The second-order valence-electron chi connectivity index (χ2n) is 8.74. The normalized spacial score (nSPS) is 14.3. The summed E-state index contributed by atoms with van der Waals surface area (Å²) in [6, 6.07) is 13.7. The Balaban J connectivity index is 1.44. The average molecular weight is 464 g/mol. The minimum atomic E-state index is -0.871. The van der Waals surface area contributed by atoms with Crippen LogP contribution in [-0.4, -0.2) is 18.1 Å². The third kappa shape index (κ3) is 5.47. The van der Waals surface area contributed by atoms with Crippen molar-refractivity contribution in [1.29, 1.82) is 0 Å². The van der Waals surface area contributed by atoms with Crippen molar-refractivity contribution in [3.05, 3.63) is 81.2 Å². The lowest BCUT2D eigenvalue weighted by Gasteiger charge is -2.22. The summed E-state index contributed by atoms with van der Waals surface area (Å²) in [7, 11) is 0. The molecule has 0 saturated carbocycles. The van der Waals surface area contributed by atoms with Crippen molar-refractivity contribution in [1.82, 2.24) is 5.32 Å². The Kier molecular flexibility index (Phi) is 7.30. The van der Waals surface area contributed by atoms with Crippen molar-refractivity contribution in [2.45, 2.75) is 58.8 Å². The molecule has 7 nitrogen and oxygen atoms in total. The minimum Gasteiger partial charge on any atom is -0.459 e. The first-order chi connectivity index (χ1) is 16.4. The van der Waals surface area contributed by atoms with Crippen LogP contribution in [0.15, 0.2) is 57.7 Å². The monoisotopic (exact) mass is 463 g/mol. The second kappa shape index (κ2) is 10.5. The van der Waals surface area contributed by atoms with Crippen LogP contribution in [0.2, 0.25) is 0 Å². The van der Waals surface area contributed by atoms with Gasteiger partial charge in [-0.3, -0.25) is 0 Å². The highest BCUT2D eigenvalue weighted by atomic mass is 16.6. The number of esters is 1. The van der Waals surface area contributed by atoms with Gasteiger partial charge in [0.2, 0.25) is 0 Å². The topological polar surface area (TPSA) is 94.8 Å². The van der Waals surface area contributed by atoms with Gasteiger partial charge in [0.1, 0.15) is 24.8 Å². The molecule has 0 radical (unpaired) electrons. The lowest BCUT2D eigenvalue weighted by atomic mass is 9.99. The van der Waals surface area contributed by atoms with Crippen LogP contribution in [0.25, 0.3) is 11.0 Å². The van der Waals surface area contributed by atoms with Crippen LogP contribution in [-0.2, 0) is 40.3 Å². The van der Waals surface area contributed by atoms with Crippen molar-refractivity contribution in [3.8, 4) is 0 Å². The van der Waals surface area contributed by atoms with E-state index in [0.717, 1.165) is 30.2 Å². The maximum Gasteiger partial charge on any atom is 0.408 e. The molecule has 4 rings (SSSR count). The molecule has 1 heterocycles. The van der Waals surface area contributed by atoms with Gasteiger partial charge in [-0.15, -0.1) is 0 Å². The van der Waals surface area contributed by atoms with Crippen molar-refractivity contribution < 1.29 is 23.5 Å². The zero-order chi connectivity index (χ0) is 24.1. The molecule has 0 spiro atoms. The SMILES string of the molecule is CC[C@@H](C)[C@H](NC(=O)OCc1ccccc1)C(=O)OCc1cc(=O)oc2cc3c(cc12)CCC3. The summed E-state index contributed by atoms with van der Waals surface area (Å²) >= 11 is 0. The van der Waals surface area contributed by atoms with Crippen LogP contribution in [0.5, 0.6) is 0 Å². The number of ether oxygens (including phenoxy) is 2. The van der Waals surface area contributed by atoms with Crippen molar-refractivity contribution in [2.75, 3.05) is 0 Å². The fraction of sp³-hybridized carbons (Fsp3) is 0.370. The molecule has 1 aliphatic rings. The molecule has 2 atom stereocenters. The van der Waals surface area contributed by atoms with Crippen LogP contribution in [0.4, 0.5) is 4.79 Å². The third-order valence-electron chi connectivity index (χ3n) is 6.37. The largest absolute Gasteiger partial charge is 0.459 e. The third-order valence-corrected chi connectivity index (χ3v) is 6.37. The second-order valence-corrected chi connectivity index (χ2v) is 8.74. The van der Waals surface area contributed by atoms with Gasteiger partial charge in [-0.25, -0.2) is 14.4 Å². The van der Waals surface area contributed by atoms with E-state index in [1.165, 1.54) is 17.2 Å². The number of aryl methyl sites for hydroxylation is 2. The number of carbonyl (C=O) groups excluding carboxylic acids is 2. The summed E-state index contributed by atoms with van der Waals surface area (Å²) in [5, 5.41) is 3.41. The zero-order valence-electron chi connectivity index (χ0n) is 19.5. The van der Waals surface area contributed by atoms with Crippen LogP contribution in [0, 0.1) is 5.92 Å². The van der Waals surface area contributed by atoms with Crippen molar-refractivity contribution in [3.63, 3.8) is 0 Å². The number of fused-ring (bicyclic) bond motifs is 2. The van der Waals surface area contributed by atoms with Gasteiger partial charge in [0.15, 0.2) is 0 Å². The van der Waals surface area contributed by atoms with Crippen molar-refractivity contribution in [2.24, 2.45) is 5.92 Å². The first-order valence-corrected chi connectivity index (χ1v) is 11.7. The molecular weight excluding hydrogens is 434 g/mol. The Morgan fingerprint density at radius 1 is 1.03 bits per heavy atom. The maximum atomic E-state index is 12.9. The summed E-state index contributed by atoms with van der Waals surface area (Å²) in [5.74, 6) is -0.744. The average Bonchev–Trinajstić information content (AvgIpc) is 3.30. The molecule has 1 aliphatic carbocycles. The van der Waals surface area contributed by atoms with E-state index in [1.54, 1.807) is 0 Å². The van der Waals surface area contributed by atoms with E-state index in [-0.39, 0.29) is 19.1 Å². The number of hydrogen-bond donors (Lipinski definition) is 1. The Bertz CT molecular complexity index is 1230. The molecule has 34 heavy (non-hydrogen) atoms. The first kappa shape index (κ1) is 23.5. The number of carbonyl (C=O) groups is 2. The lowest BCUT2D eigenvalue weighted by molar-refractivity contribution is -0.148. The zero-order valence-corrected chi connectivity index (χ0v) is 19.5. The molecule has 0 unspecified atom stereocenters. The fourth-order valence-electron chi connectivity index (χ4n) is 4.21. The van der Waals surface area contributed by atoms with E-state index in [4.69, 9.17) is 13.9 Å². The van der Waals surface area contributed by atoms with Gasteiger partial charge in [0.25, 0.3) is 0 Å². The summed E-state index contributed by atoms with van der Waals surface area (Å²) in [6.45, 7) is 3.80. The molecule has 0 aliphatic heterocycles. The highest BCUT2D eigenvalue weighted by molar-refractivity contribution is 5.84. The minimum absolute atomic E-state index is 0.0899. The molecule has 0 saturated heterocycles. The van der Waals surface area contributed by atoms with E-state index >= 15 is 0 Å². The molecule has 7 heteroatoms.